The maximum atomic E-state index is 12.5. The van der Waals surface area contributed by atoms with Gasteiger partial charge in [-0.1, -0.05) is 0 Å². The molecule has 0 aliphatic carbocycles. The number of aryl methyl sites for hydroxylation is 1. The van der Waals surface area contributed by atoms with E-state index in [2.05, 4.69) is 23.2 Å². The van der Waals surface area contributed by atoms with Crippen molar-refractivity contribution in [3.63, 3.8) is 0 Å². The van der Waals surface area contributed by atoms with Gasteiger partial charge in [-0.05, 0) is 43.4 Å². The number of hydrogen-bond acceptors (Lipinski definition) is 4. The van der Waals surface area contributed by atoms with Crippen molar-refractivity contribution < 1.29 is 14.7 Å². The summed E-state index contributed by atoms with van der Waals surface area (Å²) in [6.07, 6.45) is 7.09. The summed E-state index contributed by atoms with van der Waals surface area (Å²) in [5.41, 5.74) is 1.48. The average Bonchev–Trinajstić information content (AvgIpc) is 3.10. The van der Waals surface area contributed by atoms with Crippen LogP contribution >= 0.6 is 0 Å². The van der Waals surface area contributed by atoms with Crippen LogP contribution in [0.5, 0.6) is 0 Å². The quantitative estimate of drug-likeness (QED) is 0.927. The molecule has 1 saturated heterocycles. The minimum absolute atomic E-state index is 0.0789. The van der Waals surface area contributed by atoms with Crippen LogP contribution in [0.3, 0.4) is 0 Å². The number of carboxylic acids is 1. The van der Waals surface area contributed by atoms with E-state index in [1.807, 2.05) is 10.9 Å². The van der Waals surface area contributed by atoms with Crippen LogP contribution in [-0.4, -0.2) is 49.7 Å². The zero-order chi connectivity index (χ0) is 17.1. The van der Waals surface area contributed by atoms with Gasteiger partial charge in [-0.3, -0.25) is 14.5 Å². The Balaban J connectivity index is 1.64. The second kappa shape index (κ2) is 6.82. The lowest BCUT2D eigenvalue weighted by atomic mass is 9.91. The predicted octanol–water partition coefficient (Wildman–Crippen LogP) is 2.02. The number of carbonyl (C=O) groups excluding carboxylic acids is 1. The molecular weight excluding hydrogens is 308 g/mol. The van der Waals surface area contributed by atoms with E-state index in [0.29, 0.717) is 19.0 Å². The third kappa shape index (κ3) is 3.29. The zero-order valence-electron chi connectivity index (χ0n) is 13.6. The van der Waals surface area contributed by atoms with Crippen LogP contribution in [0.2, 0.25) is 0 Å². The lowest BCUT2D eigenvalue weighted by molar-refractivity contribution is 0.0696. The van der Waals surface area contributed by atoms with E-state index in [1.54, 1.807) is 4.90 Å². The molecule has 0 aromatic carbocycles. The first-order chi connectivity index (χ1) is 11.6. The number of carbonyl (C=O) groups is 2. The Morgan fingerprint density at radius 1 is 1.33 bits per heavy atom. The summed E-state index contributed by atoms with van der Waals surface area (Å²) in [6.45, 7) is 4.18. The number of rotatable bonds is 4. The first kappa shape index (κ1) is 16.2. The monoisotopic (exact) mass is 328 g/mol. The first-order valence-electron chi connectivity index (χ1n) is 8.09. The number of amides is 1. The second-order valence-corrected chi connectivity index (χ2v) is 5.93. The third-order valence-corrected chi connectivity index (χ3v) is 4.46. The van der Waals surface area contributed by atoms with E-state index in [-0.39, 0.29) is 17.2 Å². The zero-order valence-corrected chi connectivity index (χ0v) is 13.6. The lowest BCUT2D eigenvalue weighted by Gasteiger charge is -2.31. The Morgan fingerprint density at radius 3 is 2.71 bits per heavy atom. The minimum Gasteiger partial charge on any atom is -0.478 e. The van der Waals surface area contributed by atoms with Gasteiger partial charge >= 0.3 is 5.97 Å². The Bertz CT molecular complexity index is 748. The van der Waals surface area contributed by atoms with Gasteiger partial charge < -0.3 is 10.0 Å². The molecule has 1 aliphatic heterocycles. The largest absolute Gasteiger partial charge is 0.478 e. The van der Waals surface area contributed by atoms with Gasteiger partial charge in [0.15, 0.2) is 0 Å². The Morgan fingerprint density at radius 2 is 2.08 bits per heavy atom. The van der Waals surface area contributed by atoms with Gasteiger partial charge in [0.1, 0.15) is 5.69 Å². The van der Waals surface area contributed by atoms with Gasteiger partial charge in [0.2, 0.25) is 0 Å². The molecule has 7 nitrogen and oxygen atoms in total. The molecule has 3 heterocycles. The van der Waals surface area contributed by atoms with Crippen LogP contribution in [-0.2, 0) is 6.54 Å². The van der Waals surface area contributed by atoms with Crippen molar-refractivity contribution >= 4 is 11.9 Å². The van der Waals surface area contributed by atoms with Crippen molar-refractivity contribution in [2.45, 2.75) is 32.2 Å². The summed E-state index contributed by atoms with van der Waals surface area (Å²) in [5.74, 6) is -0.855. The molecule has 7 heteroatoms. The van der Waals surface area contributed by atoms with E-state index >= 15 is 0 Å². The fraction of sp³-hybridized carbons (Fsp3) is 0.412. The van der Waals surface area contributed by atoms with Crippen molar-refractivity contribution in [2.24, 2.45) is 0 Å². The summed E-state index contributed by atoms with van der Waals surface area (Å²) in [6, 6.07) is 2.72. The number of carboxylic acid groups (broad SMARTS) is 1. The van der Waals surface area contributed by atoms with E-state index in [4.69, 9.17) is 5.11 Å². The number of hydrogen-bond donors (Lipinski definition) is 1. The van der Waals surface area contributed by atoms with Crippen molar-refractivity contribution in [1.82, 2.24) is 19.7 Å². The standard InChI is InChI=1S/C17H20N4O3/c1-2-21-11-14(10-19-21)12-4-7-20(8-5-12)16(22)15-9-13(17(23)24)3-6-18-15/h3,6,9-12H,2,4-5,7-8H2,1H3,(H,23,24). The molecular formula is C17H20N4O3. The highest BCUT2D eigenvalue weighted by molar-refractivity contribution is 5.95. The molecule has 0 spiro atoms. The minimum atomic E-state index is -1.06. The Kier molecular flexibility index (Phi) is 4.59. The van der Waals surface area contributed by atoms with Gasteiger partial charge in [0.25, 0.3) is 5.91 Å². The highest BCUT2D eigenvalue weighted by Gasteiger charge is 2.26. The third-order valence-electron chi connectivity index (χ3n) is 4.46. The molecule has 0 unspecified atom stereocenters. The Labute approximate surface area is 139 Å². The average molecular weight is 328 g/mol. The number of nitrogens with zero attached hydrogens (tertiary/aromatic N) is 4. The van der Waals surface area contributed by atoms with Crippen LogP contribution in [0.4, 0.5) is 0 Å². The van der Waals surface area contributed by atoms with Gasteiger partial charge in [-0.2, -0.15) is 5.10 Å². The topological polar surface area (TPSA) is 88.3 Å². The fourth-order valence-electron chi connectivity index (χ4n) is 3.02. The van der Waals surface area contributed by atoms with Crippen molar-refractivity contribution in [2.75, 3.05) is 13.1 Å². The van der Waals surface area contributed by atoms with Crippen LogP contribution in [0.25, 0.3) is 0 Å². The summed E-state index contributed by atoms with van der Waals surface area (Å²) < 4.78 is 1.91. The van der Waals surface area contributed by atoms with E-state index in [1.165, 1.54) is 23.9 Å². The summed E-state index contributed by atoms with van der Waals surface area (Å²) in [5, 5.41) is 13.3. The van der Waals surface area contributed by atoms with E-state index in [9.17, 15) is 9.59 Å². The smallest absolute Gasteiger partial charge is 0.335 e. The molecule has 126 valence electrons. The summed E-state index contributed by atoms with van der Waals surface area (Å²) in [7, 11) is 0. The molecule has 1 N–H and O–H groups in total. The molecule has 1 amide bonds. The highest BCUT2D eigenvalue weighted by Crippen LogP contribution is 2.28. The first-order valence-corrected chi connectivity index (χ1v) is 8.09. The van der Waals surface area contributed by atoms with Crippen molar-refractivity contribution in [3.8, 4) is 0 Å². The van der Waals surface area contributed by atoms with E-state index in [0.717, 1.165) is 19.4 Å². The fourth-order valence-corrected chi connectivity index (χ4v) is 3.02. The summed E-state index contributed by atoms with van der Waals surface area (Å²) >= 11 is 0. The Hall–Kier alpha value is -2.70. The van der Waals surface area contributed by atoms with Crippen molar-refractivity contribution in [3.05, 3.63) is 47.5 Å². The molecule has 0 radical (unpaired) electrons. The molecule has 1 fully saturated rings. The molecule has 1 aliphatic rings. The van der Waals surface area contributed by atoms with E-state index < -0.39 is 5.97 Å². The second-order valence-electron chi connectivity index (χ2n) is 5.93. The normalized spacial score (nSPS) is 15.5. The molecule has 0 saturated carbocycles. The SMILES string of the molecule is CCn1cc(C2CCN(C(=O)c3cc(C(=O)O)ccn3)CC2)cn1. The maximum absolute atomic E-state index is 12.5. The molecule has 3 rings (SSSR count). The number of aromatic nitrogens is 3. The van der Waals surface area contributed by atoms with Gasteiger partial charge in [0, 0.05) is 32.0 Å². The predicted molar refractivity (Wildman–Crippen MR) is 87.0 cm³/mol. The van der Waals surface area contributed by atoms with Crippen LogP contribution in [0.15, 0.2) is 30.7 Å². The number of pyridine rings is 1. The molecule has 2 aromatic heterocycles. The highest BCUT2D eigenvalue weighted by atomic mass is 16.4. The van der Waals surface area contributed by atoms with Crippen LogP contribution < -0.4 is 0 Å². The maximum Gasteiger partial charge on any atom is 0.335 e. The summed E-state index contributed by atoms with van der Waals surface area (Å²) in [4.78, 5) is 29.3. The van der Waals surface area contributed by atoms with Crippen LogP contribution in [0.1, 0.15) is 52.1 Å². The number of aromatic carboxylic acids is 1. The number of likely N-dealkylation sites (tertiary alicyclic amines) is 1. The van der Waals surface area contributed by atoms with Gasteiger partial charge in [-0.25, -0.2) is 4.79 Å². The molecule has 2 aromatic rings. The van der Waals surface area contributed by atoms with Crippen molar-refractivity contribution in [1.29, 1.82) is 0 Å². The van der Waals surface area contributed by atoms with Crippen LogP contribution in [0, 0.1) is 0 Å². The number of piperidine rings is 1. The molecule has 24 heavy (non-hydrogen) atoms. The lowest BCUT2D eigenvalue weighted by Crippen LogP contribution is -2.38. The van der Waals surface area contributed by atoms with Gasteiger partial charge in [-0.15, -0.1) is 0 Å². The molecule has 0 atom stereocenters. The molecule has 0 bridgehead atoms. The van der Waals surface area contributed by atoms with Gasteiger partial charge in [0.05, 0.1) is 11.8 Å².